The van der Waals surface area contributed by atoms with Gasteiger partial charge in [0.25, 0.3) is 5.91 Å². The molecule has 0 radical (unpaired) electrons. The Morgan fingerprint density at radius 3 is 2.79 bits per heavy atom. The number of nitrogens with one attached hydrogen (secondary N) is 2. The zero-order valence-corrected chi connectivity index (χ0v) is 21.6. The summed E-state index contributed by atoms with van der Waals surface area (Å²) in [5.74, 6) is -0.928. The van der Waals surface area contributed by atoms with Gasteiger partial charge >= 0.3 is 6.01 Å². The van der Waals surface area contributed by atoms with Crippen molar-refractivity contribution in [1.29, 1.82) is 0 Å². The van der Waals surface area contributed by atoms with Crippen LogP contribution in [0.25, 0.3) is 16.6 Å². The Morgan fingerprint density at radius 1 is 1.21 bits per heavy atom. The molecule has 2 fully saturated rings. The number of anilines is 2. The molecular weight excluding hydrogens is 489 g/mol. The Bertz CT molecular complexity index is 1510. The summed E-state index contributed by atoms with van der Waals surface area (Å²) < 4.78 is 27.6. The molecule has 0 aliphatic carbocycles. The standard InChI is InChI=1S/C27H30FN7O3/c1-15-10-34(11-16(2)30-15)23-5-4-20(24-21(23)9-29-27(33-24)38-19-6-7-37-14-19)26(36)32-18-8-22(28)25-31-17(3)12-35(25)13-18/h4-5,8-9,12-13,15-16,19,30H,6-7,10-11,14H2,1-3H3,(H,32,36)/t15-,16+,19-/m1/s1. The maximum absolute atomic E-state index is 14.6. The van der Waals surface area contributed by atoms with Crippen LogP contribution in [0.2, 0.25) is 0 Å². The first-order valence-electron chi connectivity index (χ1n) is 12.9. The topological polar surface area (TPSA) is 106 Å². The molecule has 2 saturated heterocycles. The third kappa shape index (κ3) is 4.74. The number of pyridine rings is 1. The first-order chi connectivity index (χ1) is 18.3. The van der Waals surface area contributed by atoms with Gasteiger partial charge in [-0.15, -0.1) is 0 Å². The molecule has 4 aromatic rings. The van der Waals surface area contributed by atoms with Gasteiger partial charge in [0.2, 0.25) is 0 Å². The van der Waals surface area contributed by atoms with Crippen molar-refractivity contribution < 1.29 is 18.7 Å². The molecule has 38 heavy (non-hydrogen) atoms. The third-order valence-electron chi connectivity index (χ3n) is 6.89. The number of carbonyl (C=O) groups is 1. The zero-order chi connectivity index (χ0) is 26.4. The van der Waals surface area contributed by atoms with Gasteiger partial charge < -0.3 is 29.4 Å². The molecule has 0 bridgehead atoms. The van der Waals surface area contributed by atoms with E-state index >= 15 is 0 Å². The lowest BCUT2D eigenvalue weighted by atomic mass is 10.0. The molecular formula is C27H30FN7O3. The summed E-state index contributed by atoms with van der Waals surface area (Å²) in [6, 6.07) is 5.76. The van der Waals surface area contributed by atoms with Crippen molar-refractivity contribution in [2.45, 2.75) is 45.4 Å². The number of aromatic nitrogens is 4. The summed E-state index contributed by atoms with van der Waals surface area (Å²) in [4.78, 5) is 29.1. The molecule has 5 heterocycles. The number of ether oxygens (including phenoxy) is 2. The lowest BCUT2D eigenvalue weighted by molar-refractivity contribution is 0.102. The zero-order valence-electron chi connectivity index (χ0n) is 21.6. The van der Waals surface area contributed by atoms with E-state index in [0.717, 1.165) is 30.6 Å². The minimum atomic E-state index is -0.519. The lowest BCUT2D eigenvalue weighted by Gasteiger charge is -2.38. The van der Waals surface area contributed by atoms with E-state index in [0.29, 0.717) is 47.8 Å². The van der Waals surface area contributed by atoms with Crippen molar-refractivity contribution in [3.8, 4) is 6.01 Å². The van der Waals surface area contributed by atoms with Crippen LogP contribution in [-0.4, -0.2) is 69.8 Å². The van der Waals surface area contributed by atoms with E-state index < -0.39 is 11.7 Å². The predicted octanol–water partition coefficient (Wildman–Crippen LogP) is 3.33. The number of imidazole rings is 1. The quantitative estimate of drug-likeness (QED) is 0.414. The third-order valence-corrected chi connectivity index (χ3v) is 6.89. The molecule has 2 N–H and O–H groups in total. The van der Waals surface area contributed by atoms with Gasteiger partial charge in [-0.1, -0.05) is 0 Å². The number of fused-ring (bicyclic) bond motifs is 2. The molecule has 1 aromatic carbocycles. The Kier molecular flexibility index (Phi) is 6.32. The first-order valence-corrected chi connectivity index (χ1v) is 12.9. The van der Waals surface area contributed by atoms with Crippen molar-refractivity contribution in [3.63, 3.8) is 0 Å². The lowest BCUT2D eigenvalue weighted by Crippen LogP contribution is -2.54. The second-order valence-electron chi connectivity index (χ2n) is 10.2. The fourth-order valence-corrected chi connectivity index (χ4v) is 5.33. The van der Waals surface area contributed by atoms with Crippen LogP contribution in [0, 0.1) is 12.7 Å². The van der Waals surface area contributed by atoms with Crippen molar-refractivity contribution in [2.75, 3.05) is 36.5 Å². The summed E-state index contributed by atoms with van der Waals surface area (Å²) in [6.07, 6.45) is 5.69. The molecule has 2 aliphatic rings. The van der Waals surface area contributed by atoms with E-state index in [1.165, 1.54) is 6.07 Å². The largest absolute Gasteiger partial charge is 0.458 e. The molecule has 10 nitrogen and oxygen atoms in total. The van der Waals surface area contributed by atoms with Crippen molar-refractivity contribution in [3.05, 3.63) is 53.9 Å². The SMILES string of the molecule is Cc1cn2cc(NC(=O)c3ccc(N4C[C@@H](C)N[C@@H](C)C4)c4cnc(O[C@@H]5CCOC5)nc34)cc(F)c2n1. The van der Waals surface area contributed by atoms with E-state index in [-0.39, 0.29) is 17.8 Å². The predicted molar refractivity (Wildman–Crippen MR) is 142 cm³/mol. The number of halogens is 1. The molecule has 3 aromatic heterocycles. The van der Waals surface area contributed by atoms with Crippen LogP contribution in [0.5, 0.6) is 6.01 Å². The maximum Gasteiger partial charge on any atom is 0.317 e. The molecule has 0 saturated carbocycles. The average Bonchev–Trinajstić information content (AvgIpc) is 3.51. The van der Waals surface area contributed by atoms with Crippen LogP contribution in [0.1, 0.15) is 36.3 Å². The number of piperazine rings is 1. The minimum Gasteiger partial charge on any atom is -0.458 e. The second kappa shape index (κ2) is 9.80. The Hall–Kier alpha value is -3.83. The van der Waals surface area contributed by atoms with E-state index in [4.69, 9.17) is 9.47 Å². The molecule has 0 spiro atoms. The number of nitrogens with zero attached hydrogens (tertiary/aromatic N) is 5. The number of benzene rings is 1. The van der Waals surface area contributed by atoms with Crippen molar-refractivity contribution >= 4 is 33.8 Å². The molecule has 1 amide bonds. The van der Waals surface area contributed by atoms with Crippen molar-refractivity contribution in [1.82, 2.24) is 24.7 Å². The monoisotopic (exact) mass is 519 g/mol. The highest BCUT2D eigenvalue weighted by Gasteiger charge is 2.26. The molecule has 11 heteroatoms. The summed E-state index contributed by atoms with van der Waals surface area (Å²) in [5, 5.41) is 7.12. The highest BCUT2D eigenvalue weighted by atomic mass is 19.1. The fourth-order valence-electron chi connectivity index (χ4n) is 5.33. The maximum atomic E-state index is 14.6. The summed E-state index contributed by atoms with van der Waals surface area (Å²) in [7, 11) is 0. The smallest absolute Gasteiger partial charge is 0.317 e. The summed E-state index contributed by atoms with van der Waals surface area (Å²) in [5.41, 5.74) is 2.98. The molecule has 0 unspecified atom stereocenters. The van der Waals surface area contributed by atoms with Gasteiger partial charge in [-0.05, 0) is 32.9 Å². The first kappa shape index (κ1) is 24.5. The van der Waals surface area contributed by atoms with E-state index in [9.17, 15) is 9.18 Å². The molecule has 2 aliphatic heterocycles. The summed E-state index contributed by atoms with van der Waals surface area (Å²) >= 11 is 0. The summed E-state index contributed by atoms with van der Waals surface area (Å²) in [6.45, 7) is 8.82. The Morgan fingerprint density at radius 2 is 2.03 bits per heavy atom. The van der Waals surface area contributed by atoms with Crippen molar-refractivity contribution in [2.24, 2.45) is 0 Å². The van der Waals surface area contributed by atoms with Crippen LogP contribution in [-0.2, 0) is 4.74 Å². The number of aryl methyl sites for hydroxylation is 1. The van der Waals surface area contributed by atoms with Crippen LogP contribution in [0.4, 0.5) is 15.8 Å². The molecule has 6 rings (SSSR count). The second-order valence-corrected chi connectivity index (χ2v) is 10.2. The van der Waals surface area contributed by atoms with E-state index in [1.54, 1.807) is 36.0 Å². The number of amides is 1. The number of hydrogen-bond acceptors (Lipinski definition) is 8. The normalized spacial score (nSPS) is 21.8. The number of carbonyl (C=O) groups excluding carboxylic acids is 1. The highest BCUT2D eigenvalue weighted by molar-refractivity contribution is 6.13. The van der Waals surface area contributed by atoms with Gasteiger partial charge in [-0.2, -0.15) is 4.98 Å². The Balaban J connectivity index is 1.38. The van der Waals surface area contributed by atoms with Crippen LogP contribution in [0.3, 0.4) is 0 Å². The number of rotatable bonds is 5. The van der Waals surface area contributed by atoms with E-state index in [2.05, 4.69) is 44.3 Å². The van der Waals surface area contributed by atoms with Gasteiger partial charge in [-0.3, -0.25) is 4.79 Å². The van der Waals surface area contributed by atoms with Crippen LogP contribution < -0.4 is 20.3 Å². The van der Waals surface area contributed by atoms with Gasteiger partial charge in [-0.25, -0.2) is 14.4 Å². The highest BCUT2D eigenvalue weighted by Crippen LogP contribution is 2.31. The average molecular weight is 520 g/mol. The van der Waals surface area contributed by atoms with E-state index in [1.807, 2.05) is 6.07 Å². The molecule has 198 valence electrons. The van der Waals surface area contributed by atoms with Gasteiger partial charge in [0, 0.05) is 67.3 Å². The van der Waals surface area contributed by atoms with Gasteiger partial charge in [0.05, 0.1) is 35.7 Å². The molecule has 3 atom stereocenters. The van der Waals surface area contributed by atoms with Crippen LogP contribution in [0.15, 0.2) is 36.8 Å². The van der Waals surface area contributed by atoms with Gasteiger partial charge in [0.1, 0.15) is 6.10 Å². The number of hydrogen-bond donors (Lipinski definition) is 2. The Labute approximate surface area is 219 Å². The fraction of sp³-hybridized carbons (Fsp3) is 0.407. The van der Waals surface area contributed by atoms with Crippen LogP contribution >= 0.6 is 0 Å². The minimum absolute atomic E-state index is 0.129. The van der Waals surface area contributed by atoms with Gasteiger partial charge in [0.15, 0.2) is 11.5 Å².